The smallest absolute Gasteiger partial charge is 0.152 e. The topological polar surface area (TPSA) is 81.7 Å². The first-order valence-electron chi connectivity index (χ1n) is 22.7. The van der Waals surface area contributed by atoms with Gasteiger partial charge in [-0.15, -0.1) is 0 Å². The van der Waals surface area contributed by atoms with Crippen molar-refractivity contribution in [1.29, 1.82) is 10.8 Å². The molecule has 7 aromatic carbocycles. The van der Waals surface area contributed by atoms with E-state index in [2.05, 4.69) is 137 Å². The van der Waals surface area contributed by atoms with E-state index < -0.39 is 5.41 Å². The van der Waals surface area contributed by atoms with Crippen LogP contribution in [-0.2, 0) is 10.8 Å². The maximum atomic E-state index is 9.63. The number of aryl methyl sites for hydroxylation is 1. The van der Waals surface area contributed by atoms with Crippen molar-refractivity contribution in [2.24, 2.45) is 9.98 Å². The highest BCUT2D eigenvalue weighted by molar-refractivity contribution is 6.20. The number of benzene rings is 7. The Morgan fingerprint density at radius 2 is 1.23 bits per heavy atom. The van der Waals surface area contributed by atoms with Crippen molar-refractivity contribution in [2.45, 2.75) is 51.4 Å². The lowest BCUT2D eigenvalue weighted by Crippen LogP contribution is -2.40. The van der Waals surface area contributed by atoms with Crippen LogP contribution in [0.3, 0.4) is 0 Å². The average molecular weight is 861 g/mol. The zero-order chi connectivity index (χ0) is 46.3. The van der Waals surface area contributed by atoms with Crippen molar-refractivity contribution in [3.8, 4) is 16.9 Å². The van der Waals surface area contributed by atoms with Crippen molar-refractivity contribution in [3.05, 3.63) is 268 Å². The summed E-state index contributed by atoms with van der Waals surface area (Å²) in [4.78, 5) is 10.2. The van der Waals surface area contributed by atoms with Gasteiger partial charge in [-0.25, -0.2) is 4.99 Å². The van der Waals surface area contributed by atoms with E-state index in [0.717, 1.165) is 40.8 Å². The molecule has 0 bridgehead atoms. The molecule has 0 atom stereocenters. The quantitative estimate of drug-likeness (QED) is 0.0890. The molecule has 0 heterocycles. The fourth-order valence-corrected chi connectivity index (χ4v) is 9.92. The largest absolute Gasteiger partial charge is 0.455 e. The van der Waals surface area contributed by atoms with Crippen LogP contribution in [0.2, 0.25) is 0 Å². The number of nitrogens with zero attached hydrogens (tertiary/aromatic N) is 2. The summed E-state index contributed by atoms with van der Waals surface area (Å²) in [6, 6.07) is 61.1. The molecule has 5 nitrogen and oxygen atoms in total. The molecule has 5 heteroatoms. The second-order valence-corrected chi connectivity index (χ2v) is 17.1. The maximum absolute atomic E-state index is 9.63. The summed E-state index contributed by atoms with van der Waals surface area (Å²) in [7, 11) is 0. The molecule has 66 heavy (non-hydrogen) atoms. The van der Waals surface area contributed by atoms with Crippen molar-refractivity contribution < 1.29 is 4.74 Å². The summed E-state index contributed by atoms with van der Waals surface area (Å²) in [6.07, 6.45) is 8.55. The fourth-order valence-electron chi connectivity index (χ4n) is 9.92. The third-order valence-corrected chi connectivity index (χ3v) is 12.9. The van der Waals surface area contributed by atoms with Crippen LogP contribution in [0.5, 0.6) is 5.75 Å². The van der Waals surface area contributed by atoms with E-state index in [0.29, 0.717) is 29.3 Å². The van der Waals surface area contributed by atoms with E-state index in [1.54, 1.807) is 0 Å². The highest BCUT2D eigenvalue weighted by atomic mass is 16.5. The number of nitrogens with one attached hydrogen (secondary N) is 2. The summed E-state index contributed by atoms with van der Waals surface area (Å²) in [5.74, 6) is 1.22. The first kappa shape index (κ1) is 44.8. The van der Waals surface area contributed by atoms with Crippen molar-refractivity contribution in [1.82, 2.24) is 0 Å². The third-order valence-electron chi connectivity index (χ3n) is 12.9. The Kier molecular flexibility index (Phi) is 13.3. The lowest BCUT2D eigenvalue weighted by molar-refractivity contribution is 0.453. The number of para-hydroxylation sites is 1. The van der Waals surface area contributed by atoms with Gasteiger partial charge in [-0.1, -0.05) is 202 Å². The zero-order valence-corrected chi connectivity index (χ0v) is 38.3. The lowest BCUT2D eigenvalue weighted by Gasteiger charge is -2.46. The molecule has 1 spiro atoms. The van der Waals surface area contributed by atoms with Gasteiger partial charge in [0.1, 0.15) is 17.2 Å². The number of ether oxygens (including phenoxy) is 1. The highest BCUT2D eigenvalue weighted by Crippen LogP contribution is 2.62. The SMILES string of the molecule is C=C(Oc1ccccc1C)C(=NC(=N)c1ccc2c(c1)-c1c(C(=NCC)C3=CC=CCC3)cccc1C21c2ccccc2C(C)(C)c2ccccc21)c1ccccc1.C=N.c1ccccc1. The van der Waals surface area contributed by atoms with E-state index >= 15 is 0 Å². The Bertz CT molecular complexity index is 2970. The van der Waals surface area contributed by atoms with Crippen LogP contribution in [0.4, 0.5) is 0 Å². The Morgan fingerprint density at radius 3 is 1.83 bits per heavy atom. The minimum atomic E-state index is -0.587. The summed E-state index contributed by atoms with van der Waals surface area (Å²) >= 11 is 0. The van der Waals surface area contributed by atoms with Crippen LogP contribution in [0, 0.1) is 17.7 Å². The molecule has 0 aromatic heterocycles. The Labute approximate surface area is 390 Å². The summed E-state index contributed by atoms with van der Waals surface area (Å²) < 4.78 is 6.35. The molecule has 0 radical (unpaired) electrons. The highest BCUT2D eigenvalue weighted by Gasteiger charge is 2.54. The predicted molar refractivity (Wildman–Crippen MR) is 276 cm³/mol. The number of hydrogen-bond acceptors (Lipinski definition) is 4. The van der Waals surface area contributed by atoms with E-state index in [9.17, 15) is 5.41 Å². The van der Waals surface area contributed by atoms with Crippen molar-refractivity contribution >= 4 is 24.0 Å². The number of aliphatic imine (C=N–C) groups is 2. The van der Waals surface area contributed by atoms with Gasteiger partial charge in [0.15, 0.2) is 5.84 Å². The zero-order valence-electron chi connectivity index (χ0n) is 38.3. The first-order chi connectivity index (χ1) is 32.2. The minimum absolute atomic E-state index is 0.129. The van der Waals surface area contributed by atoms with E-state index in [4.69, 9.17) is 20.1 Å². The predicted octanol–water partition coefficient (Wildman–Crippen LogP) is 14.4. The molecule has 3 aliphatic carbocycles. The van der Waals surface area contributed by atoms with Gasteiger partial charge < -0.3 is 10.1 Å². The molecule has 0 unspecified atom stereocenters. The summed E-state index contributed by atoms with van der Waals surface area (Å²) in [5, 5.41) is 15.1. The monoisotopic (exact) mass is 860 g/mol. The molecular weight excluding hydrogens is 805 g/mol. The van der Waals surface area contributed by atoms with Crippen LogP contribution in [0.1, 0.15) is 89.2 Å². The third kappa shape index (κ3) is 8.14. The Morgan fingerprint density at radius 1 is 0.652 bits per heavy atom. The van der Waals surface area contributed by atoms with Crippen LogP contribution in [0.15, 0.2) is 222 Å². The van der Waals surface area contributed by atoms with Gasteiger partial charge in [0.2, 0.25) is 0 Å². The Balaban J connectivity index is 0.000000679. The van der Waals surface area contributed by atoms with E-state index in [1.807, 2.05) is 97.9 Å². The number of rotatable bonds is 8. The second kappa shape index (κ2) is 19.5. The number of fused-ring (bicyclic) bond motifs is 9. The van der Waals surface area contributed by atoms with E-state index in [-0.39, 0.29) is 11.3 Å². The molecule has 7 aromatic rings. The van der Waals surface area contributed by atoms with Gasteiger partial charge in [-0.05, 0) is 101 Å². The maximum Gasteiger partial charge on any atom is 0.152 e. The van der Waals surface area contributed by atoms with E-state index in [1.165, 1.54) is 44.5 Å². The van der Waals surface area contributed by atoms with Gasteiger partial charge in [0, 0.05) is 28.7 Å². The molecule has 0 amide bonds. The normalized spacial score (nSPS) is 14.7. The average Bonchev–Trinajstić information content (AvgIpc) is 3.67. The summed E-state index contributed by atoms with van der Waals surface area (Å²) in [6.45, 7) is 16.3. The van der Waals surface area contributed by atoms with Gasteiger partial charge in [-0.2, -0.15) is 0 Å². The second-order valence-electron chi connectivity index (χ2n) is 17.1. The molecule has 326 valence electrons. The molecule has 2 N–H and O–H groups in total. The summed E-state index contributed by atoms with van der Waals surface area (Å²) in [5.41, 5.74) is 15.6. The molecule has 10 rings (SSSR count). The van der Waals surface area contributed by atoms with Gasteiger partial charge >= 0.3 is 0 Å². The van der Waals surface area contributed by atoms with Crippen LogP contribution in [0.25, 0.3) is 11.1 Å². The molecule has 0 saturated carbocycles. The van der Waals surface area contributed by atoms with Crippen molar-refractivity contribution in [2.75, 3.05) is 6.54 Å². The molecular formula is C61H56N4O. The molecule has 0 saturated heterocycles. The number of amidine groups is 1. The van der Waals surface area contributed by atoms with Gasteiger partial charge in [0.05, 0.1) is 11.1 Å². The Hall–Kier alpha value is -7.76. The van der Waals surface area contributed by atoms with Crippen molar-refractivity contribution in [3.63, 3.8) is 0 Å². The number of hydrogen-bond donors (Lipinski definition) is 2. The molecule has 0 fully saturated rings. The number of allylic oxidation sites excluding steroid dienone is 5. The standard InChI is InChI=1S/C54H47N3O.C6H6.CH3N/c1-6-56-51(38-23-11-8-12-24-38)40-25-19-30-47-49(40)41-34-39(52(55)57-50(37-21-9-7-10-22-37)36(3)58-48-31-18-13-20-35(48)2)32-33-42(41)54(47)45-28-16-14-26-43(45)53(4,5)44-27-15-17-29-46(44)54;1-2-4-6-5-3-1;1-2/h7-11,13-23,25-34,55H,3,6,12,24H2,1-2,4-5H3;1-6H;2H,1H2. The molecule has 0 aliphatic heterocycles. The molecule has 3 aliphatic rings. The van der Waals surface area contributed by atoms with Gasteiger partial charge in [-0.3, -0.25) is 10.4 Å². The fraction of sp³-hybridized carbons (Fsp3) is 0.148. The van der Waals surface area contributed by atoms with Crippen LogP contribution in [-0.4, -0.2) is 30.5 Å². The minimum Gasteiger partial charge on any atom is -0.455 e. The first-order valence-corrected chi connectivity index (χ1v) is 22.7. The van der Waals surface area contributed by atoms with Crippen LogP contribution < -0.4 is 4.74 Å². The van der Waals surface area contributed by atoms with Crippen LogP contribution >= 0.6 is 0 Å². The van der Waals surface area contributed by atoms with Gasteiger partial charge in [0.25, 0.3) is 0 Å². The lowest BCUT2D eigenvalue weighted by atomic mass is 9.55.